The van der Waals surface area contributed by atoms with Gasteiger partial charge in [0, 0.05) is 12.1 Å². The third-order valence-corrected chi connectivity index (χ3v) is 3.88. The van der Waals surface area contributed by atoms with Crippen molar-refractivity contribution in [3.63, 3.8) is 0 Å². The van der Waals surface area contributed by atoms with Gasteiger partial charge in [0.15, 0.2) is 6.20 Å². The van der Waals surface area contributed by atoms with Gasteiger partial charge < -0.3 is 5.21 Å². The largest absolute Gasteiger partial charge is 0.618 e. The van der Waals surface area contributed by atoms with Crippen molar-refractivity contribution in [3.05, 3.63) is 59.9 Å². The normalized spacial score (nSPS) is 11.2. The summed E-state index contributed by atoms with van der Waals surface area (Å²) < 4.78 is 24.4. The molecule has 0 saturated carbocycles. The molecule has 0 aliphatic carbocycles. The first kappa shape index (κ1) is 10.6. The van der Waals surface area contributed by atoms with Crippen LogP contribution in [0.3, 0.4) is 0 Å². The second-order valence-corrected chi connectivity index (χ2v) is 5.08. The van der Waals surface area contributed by atoms with Crippen LogP contribution >= 0.6 is 0 Å². The van der Waals surface area contributed by atoms with Crippen LogP contribution in [0.1, 0.15) is 0 Å². The Morgan fingerprint density at radius 2 is 1.56 bits per heavy atom. The quantitative estimate of drug-likeness (QED) is 0.579. The van der Waals surface area contributed by atoms with Crippen LogP contribution in [-0.2, 0) is 9.84 Å². The summed E-state index contributed by atoms with van der Waals surface area (Å²) in [5.41, 5.74) is 0. The van der Waals surface area contributed by atoms with Crippen LogP contribution in [-0.4, -0.2) is 8.42 Å². The molecule has 16 heavy (non-hydrogen) atoms. The minimum Gasteiger partial charge on any atom is -0.618 e. The zero-order valence-corrected chi connectivity index (χ0v) is 9.09. The number of rotatable bonds is 2. The lowest BCUT2D eigenvalue weighted by Crippen LogP contribution is -2.33. The van der Waals surface area contributed by atoms with Crippen molar-refractivity contribution in [1.29, 1.82) is 0 Å². The molecular formula is C11H9NO3S. The van der Waals surface area contributed by atoms with E-state index in [1.807, 2.05) is 0 Å². The zero-order valence-electron chi connectivity index (χ0n) is 8.28. The molecule has 1 aromatic carbocycles. The molecule has 5 heteroatoms. The van der Waals surface area contributed by atoms with Gasteiger partial charge in [-0.25, -0.2) is 8.42 Å². The second-order valence-electron chi connectivity index (χ2n) is 3.18. The maximum atomic E-state index is 12.0. The third-order valence-electron chi connectivity index (χ3n) is 2.12. The predicted molar refractivity (Wildman–Crippen MR) is 57.3 cm³/mol. The van der Waals surface area contributed by atoms with Crippen LogP contribution in [0.4, 0.5) is 0 Å². The Labute approximate surface area is 93.3 Å². The highest BCUT2D eigenvalue weighted by atomic mass is 32.2. The first-order valence-corrected chi connectivity index (χ1v) is 6.09. The summed E-state index contributed by atoms with van der Waals surface area (Å²) in [6.07, 6.45) is 1.16. The molecule has 0 unspecified atom stereocenters. The van der Waals surface area contributed by atoms with Crippen LogP contribution in [0.15, 0.2) is 64.6 Å². The number of benzene rings is 1. The number of hydrogen-bond acceptors (Lipinski definition) is 3. The van der Waals surface area contributed by atoms with E-state index in [4.69, 9.17) is 0 Å². The van der Waals surface area contributed by atoms with Crippen LogP contribution in [0.2, 0.25) is 0 Å². The van der Waals surface area contributed by atoms with Gasteiger partial charge >= 0.3 is 5.03 Å². The summed E-state index contributed by atoms with van der Waals surface area (Å²) in [5, 5.41) is 11.1. The van der Waals surface area contributed by atoms with Crippen molar-refractivity contribution in [2.75, 3.05) is 0 Å². The Balaban J connectivity index is 2.62. The molecular weight excluding hydrogens is 226 g/mol. The number of pyridine rings is 1. The van der Waals surface area contributed by atoms with Crippen LogP contribution in [0.5, 0.6) is 0 Å². The van der Waals surface area contributed by atoms with E-state index in [1.165, 1.54) is 30.3 Å². The lowest BCUT2D eigenvalue weighted by Gasteiger charge is -2.04. The van der Waals surface area contributed by atoms with Crippen molar-refractivity contribution < 1.29 is 13.1 Å². The fourth-order valence-electron chi connectivity index (χ4n) is 1.34. The Kier molecular flexibility index (Phi) is 2.62. The highest BCUT2D eigenvalue weighted by Gasteiger charge is 2.25. The Morgan fingerprint density at radius 1 is 0.938 bits per heavy atom. The fraction of sp³-hybridized carbons (Fsp3) is 0. The molecule has 0 saturated heterocycles. The average Bonchev–Trinajstić information content (AvgIpc) is 2.30. The van der Waals surface area contributed by atoms with E-state index >= 15 is 0 Å². The molecule has 2 aromatic rings. The minimum absolute atomic E-state index is 0.116. The molecule has 0 bridgehead atoms. The molecule has 2 rings (SSSR count). The maximum absolute atomic E-state index is 12.0. The van der Waals surface area contributed by atoms with Crippen molar-refractivity contribution >= 4 is 9.84 Å². The lowest BCUT2D eigenvalue weighted by molar-refractivity contribution is -0.646. The number of hydrogen-bond donors (Lipinski definition) is 0. The fourth-order valence-corrected chi connectivity index (χ4v) is 2.65. The molecule has 0 spiro atoms. The van der Waals surface area contributed by atoms with Gasteiger partial charge in [-0.2, -0.15) is 4.73 Å². The molecule has 0 aliphatic heterocycles. The molecule has 1 heterocycles. The van der Waals surface area contributed by atoms with E-state index in [2.05, 4.69) is 0 Å². The molecule has 82 valence electrons. The SMILES string of the molecule is O=S(=O)(c1ccccc1)c1cccc[n+]1[O-]. The summed E-state index contributed by atoms with van der Waals surface area (Å²) >= 11 is 0. The van der Waals surface area contributed by atoms with Crippen molar-refractivity contribution in [3.8, 4) is 0 Å². The monoisotopic (exact) mass is 235 g/mol. The summed E-state index contributed by atoms with van der Waals surface area (Å²) in [4.78, 5) is 0.116. The van der Waals surface area contributed by atoms with Gasteiger partial charge in [-0.3, -0.25) is 0 Å². The van der Waals surface area contributed by atoms with Gasteiger partial charge in [0.25, 0.3) is 9.84 Å². The molecule has 0 N–H and O–H groups in total. The topological polar surface area (TPSA) is 61.1 Å². The first-order chi connectivity index (χ1) is 7.62. The van der Waals surface area contributed by atoms with Crippen molar-refractivity contribution in [1.82, 2.24) is 0 Å². The smallest absolute Gasteiger partial charge is 0.313 e. The summed E-state index contributed by atoms with van der Waals surface area (Å²) in [6.45, 7) is 0. The molecule has 0 aliphatic rings. The minimum atomic E-state index is -3.72. The average molecular weight is 235 g/mol. The third kappa shape index (κ3) is 1.77. The van der Waals surface area contributed by atoms with E-state index in [9.17, 15) is 13.6 Å². The summed E-state index contributed by atoms with van der Waals surface area (Å²) in [7, 11) is -3.72. The van der Waals surface area contributed by atoms with E-state index in [1.54, 1.807) is 18.2 Å². The van der Waals surface area contributed by atoms with E-state index in [0.717, 1.165) is 6.20 Å². The molecule has 4 nitrogen and oxygen atoms in total. The lowest BCUT2D eigenvalue weighted by atomic mass is 10.4. The first-order valence-electron chi connectivity index (χ1n) is 4.61. The molecule has 0 radical (unpaired) electrons. The summed E-state index contributed by atoms with van der Waals surface area (Å²) in [5.74, 6) is 0. The molecule has 0 atom stereocenters. The Morgan fingerprint density at radius 3 is 2.19 bits per heavy atom. The Bertz CT molecular complexity index is 594. The van der Waals surface area contributed by atoms with E-state index in [-0.39, 0.29) is 9.92 Å². The van der Waals surface area contributed by atoms with Gasteiger partial charge in [0.2, 0.25) is 0 Å². The molecule has 0 fully saturated rings. The van der Waals surface area contributed by atoms with Gasteiger partial charge in [-0.1, -0.05) is 18.2 Å². The number of sulfone groups is 1. The zero-order chi connectivity index (χ0) is 11.6. The Hall–Kier alpha value is -1.88. The van der Waals surface area contributed by atoms with E-state index in [0.29, 0.717) is 4.73 Å². The van der Waals surface area contributed by atoms with Crippen LogP contribution in [0, 0.1) is 5.21 Å². The summed E-state index contributed by atoms with van der Waals surface area (Å²) in [6, 6.07) is 12.2. The highest BCUT2D eigenvalue weighted by Crippen LogP contribution is 2.16. The predicted octanol–water partition coefficient (Wildman–Crippen LogP) is 1.15. The van der Waals surface area contributed by atoms with Gasteiger partial charge in [-0.15, -0.1) is 0 Å². The molecule has 0 amide bonds. The van der Waals surface area contributed by atoms with E-state index < -0.39 is 9.84 Å². The van der Waals surface area contributed by atoms with Crippen molar-refractivity contribution in [2.45, 2.75) is 9.92 Å². The maximum Gasteiger partial charge on any atom is 0.313 e. The van der Waals surface area contributed by atoms with Crippen LogP contribution in [0.25, 0.3) is 0 Å². The number of aromatic nitrogens is 1. The van der Waals surface area contributed by atoms with Gasteiger partial charge in [-0.05, 0) is 18.2 Å². The van der Waals surface area contributed by atoms with Crippen LogP contribution < -0.4 is 4.73 Å². The van der Waals surface area contributed by atoms with Gasteiger partial charge in [0.05, 0.1) is 4.90 Å². The van der Waals surface area contributed by atoms with Crippen molar-refractivity contribution in [2.24, 2.45) is 0 Å². The van der Waals surface area contributed by atoms with Gasteiger partial charge in [0.1, 0.15) is 0 Å². The molecule has 1 aromatic heterocycles. The number of nitrogens with zero attached hydrogens (tertiary/aromatic N) is 1. The standard InChI is InChI=1S/C11H9NO3S/c13-12-9-5-4-8-11(12)16(14,15)10-6-2-1-3-7-10/h1-9H. The second kappa shape index (κ2) is 3.94. The highest BCUT2D eigenvalue weighted by molar-refractivity contribution is 7.91.